The molecule has 1 nitrogen and oxygen atoms in total. The number of methoxy groups -OCH3 is 1. The molecule has 3 heteroatoms. The summed E-state index contributed by atoms with van der Waals surface area (Å²) in [6.07, 6.45) is 20.3. The molecule has 31 heavy (non-hydrogen) atoms. The van der Waals surface area contributed by atoms with Crippen LogP contribution < -0.4 is 4.74 Å². The Morgan fingerprint density at radius 3 is 2.06 bits per heavy atom. The predicted molar refractivity (Wildman–Crippen MR) is 123 cm³/mol. The van der Waals surface area contributed by atoms with Crippen molar-refractivity contribution in [3.05, 3.63) is 41.5 Å². The number of rotatable bonds is 6. The van der Waals surface area contributed by atoms with Crippen molar-refractivity contribution in [2.75, 3.05) is 7.11 Å². The van der Waals surface area contributed by atoms with Crippen molar-refractivity contribution in [3.8, 4) is 5.75 Å². The molecule has 0 radical (unpaired) electrons. The molecular formula is C28H40F2O. The van der Waals surface area contributed by atoms with Gasteiger partial charge < -0.3 is 4.74 Å². The molecule has 3 aliphatic carbocycles. The molecular weight excluding hydrogens is 390 g/mol. The van der Waals surface area contributed by atoms with E-state index in [1.54, 1.807) is 0 Å². The van der Waals surface area contributed by atoms with Gasteiger partial charge in [-0.05, 0) is 131 Å². The molecule has 0 aromatic heterocycles. The third-order valence-corrected chi connectivity index (χ3v) is 8.87. The molecule has 172 valence electrons. The SMILES string of the molecule is C/C=C/CCC1CCC2CC(C3CCC(c4cc(F)c(OC)c(F)c4)CC3)CCC2C1. The first-order valence-corrected chi connectivity index (χ1v) is 12.7. The van der Waals surface area contributed by atoms with E-state index in [0.717, 1.165) is 48.0 Å². The summed E-state index contributed by atoms with van der Waals surface area (Å²) in [6, 6.07) is 2.99. The van der Waals surface area contributed by atoms with Gasteiger partial charge in [0.15, 0.2) is 17.4 Å². The van der Waals surface area contributed by atoms with Crippen LogP contribution in [0.25, 0.3) is 0 Å². The molecule has 0 aliphatic heterocycles. The number of hydrogen-bond acceptors (Lipinski definition) is 1. The first-order valence-electron chi connectivity index (χ1n) is 12.7. The van der Waals surface area contributed by atoms with E-state index in [9.17, 15) is 8.78 Å². The lowest BCUT2D eigenvalue weighted by atomic mass is 9.60. The van der Waals surface area contributed by atoms with Crippen LogP contribution in [0.2, 0.25) is 0 Å². The Kier molecular flexibility index (Phi) is 7.72. The maximum Gasteiger partial charge on any atom is 0.190 e. The lowest BCUT2D eigenvalue weighted by molar-refractivity contribution is 0.0621. The zero-order valence-corrected chi connectivity index (χ0v) is 19.4. The summed E-state index contributed by atoms with van der Waals surface area (Å²) in [5, 5.41) is 0. The number of hydrogen-bond donors (Lipinski definition) is 0. The fourth-order valence-corrected chi connectivity index (χ4v) is 7.15. The third-order valence-electron chi connectivity index (χ3n) is 8.87. The maximum absolute atomic E-state index is 14.1. The first-order chi connectivity index (χ1) is 15.1. The molecule has 0 amide bonds. The molecule has 1 aromatic rings. The van der Waals surface area contributed by atoms with Crippen LogP contribution in [0.1, 0.15) is 95.5 Å². The van der Waals surface area contributed by atoms with Gasteiger partial charge in [-0.25, -0.2) is 8.78 Å². The zero-order chi connectivity index (χ0) is 21.8. The summed E-state index contributed by atoms with van der Waals surface area (Å²) < 4.78 is 33.1. The van der Waals surface area contributed by atoms with E-state index in [0.29, 0.717) is 0 Å². The standard InChI is InChI=1S/C28H40F2O/c1-3-4-5-6-19-7-8-24-16-23(14-13-22(24)15-19)20-9-11-21(12-10-20)25-17-26(29)28(31-2)27(30)18-25/h3-4,17-24H,5-16H2,1-2H3/b4-3+. The second kappa shape index (κ2) is 10.5. The van der Waals surface area contributed by atoms with E-state index in [1.807, 2.05) is 0 Å². The topological polar surface area (TPSA) is 9.23 Å². The smallest absolute Gasteiger partial charge is 0.190 e. The van der Waals surface area contributed by atoms with Gasteiger partial charge in [-0.15, -0.1) is 0 Å². The molecule has 0 spiro atoms. The third kappa shape index (κ3) is 5.34. The van der Waals surface area contributed by atoms with E-state index in [4.69, 9.17) is 4.74 Å². The summed E-state index contributed by atoms with van der Waals surface area (Å²) in [5.41, 5.74) is 0.814. The van der Waals surface area contributed by atoms with Gasteiger partial charge in [0.05, 0.1) is 7.11 Å². The van der Waals surface area contributed by atoms with Crippen LogP contribution in [0.5, 0.6) is 5.75 Å². The van der Waals surface area contributed by atoms with E-state index in [-0.39, 0.29) is 11.7 Å². The fourth-order valence-electron chi connectivity index (χ4n) is 7.15. The van der Waals surface area contributed by atoms with Crippen molar-refractivity contribution in [2.45, 2.75) is 89.9 Å². The molecule has 4 rings (SSSR count). The Morgan fingerprint density at radius 2 is 1.42 bits per heavy atom. The molecule has 4 atom stereocenters. The number of ether oxygens (including phenoxy) is 1. The van der Waals surface area contributed by atoms with Crippen LogP contribution in [-0.4, -0.2) is 7.11 Å². The fraction of sp³-hybridized carbons (Fsp3) is 0.714. The Labute approximate surface area is 187 Å². The quantitative estimate of drug-likeness (QED) is 0.411. The van der Waals surface area contributed by atoms with Crippen LogP contribution in [-0.2, 0) is 0 Å². The van der Waals surface area contributed by atoms with Crippen molar-refractivity contribution in [3.63, 3.8) is 0 Å². The van der Waals surface area contributed by atoms with Crippen LogP contribution in [0, 0.1) is 41.2 Å². The van der Waals surface area contributed by atoms with Crippen molar-refractivity contribution in [2.24, 2.45) is 29.6 Å². The van der Waals surface area contributed by atoms with Crippen LogP contribution in [0.3, 0.4) is 0 Å². The summed E-state index contributed by atoms with van der Waals surface area (Å²) in [4.78, 5) is 0. The summed E-state index contributed by atoms with van der Waals surface area (Å²) in [7, 11) is 1.32. The second-order valence-electron chi connectivity index (χ2n) is 10.5. The number of fused-ring (bicyclic) bond motifs is 1. The average molecular weight is 431 g/mol. The minimum atomic E-state index is -0.570. The Morgan fingerprint density at radius 1 is 0.839 bits per heavy atom. The Bertz CT molecular complexity index is 726. The van der Waals surface area contributed by atoms with E-state index >= 15 is 0 Å². The van der Waals surface area contributed by atoms with Gasteiger partial charge in [-0.2, -0.15) is 0 Å². The Balaban J connectivity index is 1.27. The summed E-state index contributed by atoms with van der Waals surface area (Å²) in [5.74, 6) is 3.47. The number of benzene rings is 1. The van der Waals surface area contributed by atoms with Crippen LogP contribution in [0.4, 0.5) is 8.78 Å². The minimum Gasteiger partial charge on any atom is -0.491 e. The van der Waals surface area contributed by atoms with Gasteiger partial charge in [0.25, 0.3) is 0 Å². The van der Waals surface area contributed by atoms with Crippen molar-refractivity contribution in [1.29, 1.82) is 0 Å². The zero-order valence-electron chi connectivity index (χ0n) is 19.4. The van der Waals surface area contributed by atoms with E-state index < -0.39 is 11.6 Å². The number of halogens is 2. The number of allylic oxidation sites excluding steroid dienone is 2. The Hall–Kier alpha value is -1.38. The van der Waals surface area contributed by atoms with Gasteiger partial charge >= 0.3 is 0 Å². The molecule has 3 fully saturated rings. The molecule has 0 heterocycles. The van der Waals surface area contributed by atoms with Crippen molar-refractivity contribution >= 4 is 0 Å². The summed E-state index contributed by atoms with van der Waals surface area (Å²) >= 11 is 0. The van der Waals surface area contributed by atoms with Gasteiger partial charge in [0.1, 0.15) is 0 Å². The highest BCUT2D eigenvalue weighted by atomic mass is 19.1. The van der Waals surface area contributed by atoms with Gasteiger partial charge in [-0.3, -0.25) is 0 Å². The van der Waals surface area contributed by atoms with Gasteiger partial charge in [0.2, 0.25) is 0 Å². The predicted octanol–water partition coefficient (Wildman–Crippen LogP) is 8.44. The highest BCUT2D eigenvalue weighted by Gasteiger charge is 2.38. The lowest BCUT2D eigenvalue weighted by Crippen LogP contribution is -2.34. The van der Waals surface area contributed by atoms with Gasteiger partial charge in [0, 0.05) is 0 Å². The van der Waals surface area contributed by atoms with Crippen LogP contribution >= 0.6 is 0 Å². The monoisotopic (exact) mass is 430 g/mol. The van der Waals surface area contributed by atoms with Crippen LogP contribution in [0.15, 0.2) is 24.3 Å². The highest BCUT2D eigenvalue weighted by Crippen LogP contribution is 2.50. The lowest BCUT2D eigenvalue weighted by Gasteiger charge is -2.45. The first kappa shape index (κ1) is 22.8. The molecule has 0 bridgehead atoms. The summed E-state index contributed by atoms with van der Waals surface area (Å²) in [6.45, 7) is 2.12. The largest absolute Gasteiger partial charge is 0.491 e. The molecule has 3 saturated carbocycles. The molecule has 1 aromatic carbocycles. The normalized spacial score (nSPS) is 33.9. The highest BCUT2D eigenvalue weighted by molar-refractivity contribution is 5.33. The van der Waals surface area contributed by atoms with E-state index in [2.05, 4.69) is 19.1 Å². The van der Waals surface area contributed by atoms with Crippen molar-refractivity contribution < 1.29 is 13.5 Å². The molecule has 0 N–H and O–H groups in total. The molecule has 0 saturated heterocycles. The second-order valence-corrected chi connectivity index (χ2v) is 10.5. The average Bonchev–Trinajstić information content (AvgIpc) is 2.79. The molecule has 4 unspecified atom stereocenters. The van der Waals surface area contributed by atoms with E-state index in [1.165, 1.54) is 83.5 Å². The maximum atomic E-state index is 14.1. The minimum absolute atomic E-state index is 0.259. The molecule has 3 aliphatic rings. The van der Waals surface area contributed by atoms with Crippen molar-refractivity contribution in [1.82, 2.24) is 0 Å². The van der Waals surface area contributed by atoms with Gasteiger partial charge in [-0.1, -0.05) is 18.6 Å².